The van der Waals surface area contributed by atoms with E-state index in [1.807, 2.05) is 30.5 Å². The molecular formula is C25H37N5O6S. The van der Waals surface area contributed by atoms with E-state index in [-0.39, 0.29) is 18.8 Å². The number of benzene rings is 1. The zero-order valence-electron chi connectivity index (χ0n) is 21.5. The van der Waals surface area contributed by atoms with Crippen molar-refractivity contribution < 1.29 is 29.4 Å². The van der Waals surface area contributed by atoms with Gasteiger partial charge in [-0.05, 0) is 49.3 Å². The number of aliphatic hydroxyl groups excluding tert-OH is 1. The summed E-state index contributed by atoms with van der Waals surface area (Å²) in [7, 11) is 0. The zero-order chi connectivity index (χ0) is 27.7. The van der Waals surface area contributed by atoms with Crippen LogP contribution >= 0.6 is 11.8 Å². The Labute approximate surface area is 220 Å². The van der Waals surface area contributed by atoms with Crippen molar-refractivity contribution >= 4 is 46.4 Å². The van der Waals surface area contributed by atoms with E-state index < -0.39 is 54.0 Å². The molecule has 0 saturated heterocycles. The van der Waals surface area contributed by atoms with Crippen LogP contribution in [0.4, 0.5) is 0 Å². The summed E-state index contributed by atoms with van der Waals surface area (Å²) in [6.45, 7) is 4.74. The third-order valence-corrected chi connectivity index (χ3v) is 6.63. The maximum absolute atomic E-state index is 13.1. The number of hydrogen-bond donors (Lipinski definition) is 7. The van der Waals surface area contributed by atoms with Gasteiger partial charge in [0, 0.05) is 17.1 Å². The van der Waals surface area contributed by atoms with Gasteiger partial charge in [-0.2, -0.15) is 11.8 Å². The zero-order valence-corrected chi connectivity index (χ0v) is 22.3. The number of carboxylic acid groups (broad SMARTS) is 1. The molecule has 0 fully saturated rings. The summed E-state index contributed by atoms with van der Waals surface area (Å²) < 4.78 is 0. The number of H-pyrrole nitrogens is 1. The van der Waals surface area contributed by atoms with Gasteiger partial charge in [-0.3, -0.25) is 14.4 Å². The Morgan fingerprint density at radius 1 is 1.00 bits per heavy atom. The van der Waals surface area contributed by atoms with E-state index in [4.69, 9.17) is 5.73 Å². The average molecular weight is 536 g/mol. The second kappa shape index (κ2) is 14.0. The molecule has 0 aliphatic heterocycles. The molecule has 0 aliphatic carbocycles. The van der Waals surface area contributed by atoms with Gasteiger partial charge in [-0.15, -0.1) is 0 Å². The van der Waals surface area contributed by atoms with Crippen molar-refractivity contribution in [1.29, 1.82) is 0 Å². The van der Waals surface area contributed by atoms with Crippen LogP contribution in [0.15, 0.2) is 30.5 Å². The monoisotopic (exact) mass is 535 g/mol. The largest absolute Gasteiger partial charge is 0.480 e. The van der Waals surface area contributed by atoms with Crippen LogP contribution in [0.1, 0.15) is 32.8 Å². The minimum absolute atomic E-state index is 0.182. The Morgan fingerprint density at radius 3 is 2.22 bits per heavy atom. The number of para-hydroxylation sites is 1. The summed E-state index contributed by atoms with van der Waals surface area (Å²) in [6, 6.07) is 3.07. The number of aromatic nitrogens is 1. The molecular weight excluding hydrogens is 498 g/mol. The van der Waals surface area contributed by atoms with E-state index in [1.54, 1.807) is 20.0 Å². The van der Waals surface area contributed by atoms with Crippen molar-refractivity contribution in [2.75, 3.05) is 12.0 Å². The fraction of sp³-hybridized carbons (Fsp3) is 0.520. The van der Waals surface area contributed by atoms with Crippen LogP contribution in [0.3, 0.4) is 0 Å². The third kappa shape index (κ3) is 8.48. The molecule has 11 nitrogen and oxygen atoms in total. The van der Waals surface area contributed by atoms with Crippen molar-refractivity contribution in [2.24, 2.45) is 11.7 Å². The van der Waals surface area contributed by atoms with Crippen LogP contribution in [-0.4, -0.2) is 81.2 Å². The summed E-state index contributed by atoms with van der Waals surface area (Å²) in [6.07, 6.45) is 2.72. The number of aliphatic hydroxyl groups is 1. The molecule has 3 amide bonds. The Balaban J connectivity index is 2.07. The Hall–Kier alpha value is -3.09. The number of thioether (sulfide) groups is 1. The fourth-order valence-electron chi connectivity index (χ4n) is 3.83. The molecule has 0 spiro atoms. The van der Waals surface area contributed by atoms with Crippen molar-refractivity contribution in [3.63, 3.8) is 0 Å². The number of fused-ring (bicyclic) bond motifs is 1. The van der Waals surface area contributed by atoms with Gasteiger partial charge in [0.2, 0.25) is 17.7 Å². The van der Waals surface area contributed by atoms with E-state index in [2.05, 4.69) is 20.9 Å². The lowest BCUT2D eigenvalue weighted by Gasteiger charge is -2.28. The van der Waals surface area contributed by atoms with Gasteiger partial charge in [0.1, 0.15) is 18.1 Å². The lowest BCUT2D eigenvalue weighted by atomic mass is 10.00. The second-order valence-electron chi connectivity index (χ2n) is 9.31. The second-order valence-corrected chi connectivity index (χ2v) is 10.3. The van der Waals surface area contributed by atoms with Gasteiger partial charge < -0.3 is 36.9 Å². The normalized spacial score (nSPS) is 15.4. The maximum Gasteiger partial charge on any atom is 0.326 e. The smallest absolute Gasteiger partial charge is 0.326 e. The summed E-state index contributed by atoms with van der Waals surface area (Å²) in [5, 5.41) is 27.9. The number of hydrogen-bond acceptors (Lipinski definition) is 7. The van der Waals surface area contributed by atoms with Gasteiger partial charge in [0.05, 0.1) is 12.1 Å². The van der Waals surface area contributed by atoms with Crippen molar-refractivity contribution in [3.8, 4) is 0 Å². The summed E-state index contributed by atoms with van der Waals surface area (Å²) in [4.78, 5) is 53.3. The quantitative estimate of drug-likeness (QED) is 0.181. The van der Waals surface area contributed by atoms with Gasteiger partial charge >= 0.3 is 5.97 Å². The Morgan fingerprint density at radius 2 is 1.62 bits per heavy atom. The number of carboxylic acids is 1. The van der Waals surface area contributed by atoms with E-state index in [1.165, 1.54) is 18.7 Å². The standard InChI is InChI=1S/C25H37N5O6S/c1-13(2)20(29-22(32)17(26)11-15-12-27-18-8-6-5-7-16(15)18)23(33)30-21(14(3)31)24(34)28-19(25(35)36)9-10-37-4/h5-8,12-14,17,19-21,27,31H,9-11,26H2,1-4H3,(H,28,34)(H,29,32)(H,30,33)(H,35,36). The lowest BCUT2D eigenvalue weighted by Crippen LogP contribution is -2.61. The molecule has 37 heavy (non-hydrogen) atoms. The Bertz CT molecular complexity index is 1090. The average Bonchev–Trinajstić information content (AvgIpc) is 3.25. The molecule has 8 N–H and O–H groups in total. The predicted octanol–water partition coefficient (Wildman–Crippen LogP) is 0.367. The van der Waals surface area contributed by atoms with Gasteiger partial charge in [-0.25, -0.2) is 4.79 Å². The molecule has 0 bridgehead atoms. The van der Waals surface area contributed by atoms with E-state index in [0.717, 1.165) is 16.5 Å². The highest BCUT2D eigenvalue weighted by atomic mass is 32.2. The number of carbonyl (C=O) groups excluding carboxylic acids is 3. The van der Waals surface area contributed by atoms with Crippen LogP contribution in [-0.2, 0) is 25.6 Å². The Kier molecular flexibility index (Phi) is 11.4. The highest BCUT2D eigenvalue weighted by molar-refractivity contribution is 7.98. The number of nitrogens with two attached hydrogens (primary N) is 1. The highest BCUT2D eigenvalue weighted by Gasteiger charge is 2.33. The van der Waals surface area contributed by atoms with Gasteiger partial charge in [0.15, 0.2) is 0 Å². The fourth-order valence-corrected chi connectivity index (χ4v) is 4.30. The van der Waals surface area contributed by atoms with Crippen LogP contribution in [0.25, 0.3) is 10.9 Å². The number of rotatable bonds is 14. The first-order chi connectivity index (χ1) is 17.5. The predicted molar refractivity (Wildman–Crippen MR) is 143 cm³/mol. The lowest BCUT2D eigenvalue weighted by molar-refractivity contribution is -0.143. The number of amides is 3. The molecule has 1 aromatic heterocycles. The SMILES string of the molecule is CSCCC(NC(=O)C(NC(=O)C(NC(=O)C(N)Cc1c[nH]c2ccccc12)C(C)C)C(C)O)C(=O)O. The maximum atomic E-state index is 13.1. The van der Waals surface area contributed by atoms with E-state index in [9.17, 15) is 29.4 Å². The van der Waals surface area contributed by atoms with Crippen LogP contribution < -0.4 is 21.7 Å². The third-order valence-electron chi connectivity index (χ3n) is 5.99. The molecule has 1 aromatic carbocycles. The van der Waals surface area contributed by atoms with Gasteiger partial charge in [-0.1, -0.05) is 32.0 Å². The summed E-state index contributed by atoms with van der Waals surface area (Å²) in [5.74, 6) is -3.14. The molecule has 5 atom stereocenters. The number of nitrogens with one attached hydrogen (secondary N) is 4. The van der Waals surface area contributed by atoms with Crippen LogP contribution in [0.5, 0.6) is 0 Å². The molecule has 2 aromatic rings. The number of carbonyl (C=O) groups is 4. The summed E-state index contributed by atoms with van der Waals surface area (Å²) in [5.41, 5.74) is 7.94. The molecule has 2 rings (SSSR count). The molecule has 5 unspecified atom stereocenters. The summed E-state index contributed by atoms with van der Waals surface area (Å²) >= 11 is 1.43. The first-order valence-corrected chi connectivity index (χ1v) is 13.5. The van der Waals surface area contributed by atoms with E-state index in [0.29, 0.717) is 5.75 Å². The van der Waals surface area contributed by atoms with Gasteiger partial charge in [0.25, 0.3) is 0 Å². The minimum Gasteiger partial charge on any atom is -0.480 e. The van der Waals surface area contributed by atoms with Crippen molar-refractivity contribution in [2.45, 2.75) is 63.9 Å². The van der Waals surface area contributed by atoms with E-state index >= 15 is 0 Å². The van der Waals surface area contributed by atoms with Crippen molar-refractivity contribution in [3.05, 3.63) is 36.0 Å². The van der Waals surface area contributed by atoms with Crippen molar-refractivity contribution in [1.82, 2.24) is 20.9 Å². The highest BCUT2D eigenvalue weighted by Crippen LogP contribution is 2.19. The molecule has 204 valence electrons. The van der Waals surface area contributed by atoms with Crippen LogP contribution in [0.2, 0.25) is 0 Å². The first kappa shape index (κ1) is 30.1. The number of aromatic amines is 1. The number of aliphatic carboxylic acids is 1. The molecule has 12 heteroatoms. The molecule has 0 aliphatic rings. The molecule has 1 heterocycles. The molecule has 0 radical (unpaired) electrons. The van der Waals surface area contributed by atoms with Crippen LogP contribution in [0, 0.1) is 5.92 Å². The minimum atomic E-state index is -1.42. The molecule has 0 saturated carbocycles. The topological polar surface area (TPSA) is 187 Å². The first-order valence-electron chi connectivity index (χ1n) is 12.1.